The highest BCUT2D eigenvalue weighted by atomic mass is 16.5. The molecule has 0 radical (unpaired) electrons. The Kier molecular flexibility index (Phi) is 6.54. The van der Waals surface area contributed by atoms with E-state index in [1.807, 2.05) is 31.2 Å². The van der Waals surface area contributed by atoms with Crippen molar-refractivity contribution in [3.63, 3.8) is 0 Å². The zero-order valence-electron chi connectivity index (χ0n) is 12.9. The number of hydrogen-bond donors (Lipinski definition) is 2. The third-order valence-corrected chi connectivity index (χ3v) is 3.82. The van der Waals surface area contributed by atoms with Crippen molar-refractivity contribution in [1.82, 2.24) is 5.32 Å². The zero-order valence-corrected chi connectivity index (χ0v) is 12.9. The van der Waals surface area contributed by atoms with Gasteiger partial charge in [-0.25, -0.2) is 4.79 Å². The molecule has 1 saturated carbocycles. The van der Waals surface area contributed by atoms with Crippen molar-refractivity contribution >= 4 is 11.7 Å². The first kappa shape index (κ1) is 15.8. The van der Waals surface area contributed by atoms with Crippen LogP contribution in [0.15, 0.2) is 24.3 Å². The minimum Gasteiger partial charge on any atom is -0.378 e. The lowest BCUT2D eigenvalue weighted by atomic mass is 9.98. The molecule has 0 aliphatic heterocycles. The molecule has 0 aromatic heterocycles. The van der Waals surface area contributed by atoms with Crippen molar-refractivity contribution in [1.29, 1.82) is 0 Å². The molecule has 0 atom stereocenters. The number of benzene rings is 1. The van der Waals surface area contributed by atoms with Crippen LogP contribution < -0.4 is 10.6 Å². The molecule has 0 saturated heterocycles. The Labute approximate surface area is 127 Å². The maximum atomic E-state index is 11.7. The van der Waals surface area contributed by atoms with Crippen LogP contribution in [0.4, 0.5) is 10.5 Å². The van der Waals surface area contributed by atoms with Crippen molar-refractivity contribution in [3.8, 4) is 0 Å². The van der Waals surface area contributed by atoms with Gasteiger partial charge in [0, 0.05) is 18.8 Å². The molecule has 4 heteroatoms. The Hall–Kier alpha value is -1.55. The van der Waals surface area contributed by atoms with Crippen LogP contribution in [0.5, 0.6) is 0 Å². The fourth-order valence-electron chi connectivity index (χ4n) is 2.57. The predicted molar refractivity (Wildman–Crippen MR) is 85.6 cm³/mol. The van der Waals surface area contributed by atoms with E-state index in [0.29, 0.717) is 12.6 Å². The molecule has 1 fully saturated rings. The normalized spacial score (nSPS) is 15.7. The second-order valence-electron chi connectivity index (χ2n) is 5.73. The SMILES string of the molecule is Cc1ccc(NC(=O)NCCCOC2CCCCC2)cc1. The number of hydrogen-bond acceptors (Lipinski definition) is 2. The van der Waals surface area contributed by atoms with Crippen molar-refractivity contribution < 1.29 is 9.53 Å². The quantitative estimate of drug-likeness (QED) is 0.782. The first-order valence-corrected chi connectivity index (χ1v) is 7.97. The molecule has 2 N–H and O–H groups in total. The van der Waals surface area contributed by atoms with Gasteiger partial charge in [0.2, 0.25) is 0 Å². The van der Waals surface area contributed by atoms with Gasteiger partial charge in [-0.2, -0.15) is 0 Å². The third-order valence-electron chi connectivity index (χ3n) is 3.82. The van der Waals surface area contributed by atoms with Gasteiger partial charge in [0.25, 0.3) is 0 Å². The molecule has 1 aliphatic rings. The Morgan fingerprint density at radius 2 is 1.90 bits per heavy atom. The molecular weight excluding hydrogens is 264 g/mol. The number of amides is 2. The summed E-state index contributed by atoms with van der Waals surface area (Å²) in [6.45, 7) is 3.40. The summed E-state index contributed by atoms with van der Waals surface area (Å²) in [5, 5.41) is 5.67. The van der Waals surface area contributed by atoms with E-state index >= 15 is 0 Å². The van der Waals surface area contributed by atoms with Gasteiger partial charge in [-0.15, -0.1) is 0 Å². The van der Waals surface area contributed by atoms with Gasteiger partial charge < -0.3 is 15.4 Å². The number of rotatable bonds is 6. The number of ether oxygens (including phenoxy) is 1. The second kappa shape index (κ2) is 8.67. The molecule has 2 amide bonds. The van der Waals surface area contributed by atoms with E-state index in [0.717, 1.165) is 18.7 Å². The van der Waals surface area contributed by atoms with Crippen molar-refractivity contribution in [2.24, 2.45) is 0 Å². The van der Waals surface area contributed by atoms with E-state index in [1.54, 1.807) is 0 Å². The molecule has 21 heavy (non-hydrogen) atoms. The molecule has 116 valence electrons. The smallest absolute Gasteiger partial charge is 0.319 e. The summed E-state index contributed by atoms with van der Waals surface area (Å²) < 4.78 is 5.82. The molecule has 1 aromatic carbocycles. The lowest BCUT2D eigenvalue weighted by Gasteiger charge is -2.21. The number of urea groups is 1. The van der Waals surface area contributed by atoms with Crippen LogP contribution in [0.25, 0.3) is 0 Å². The summed E-state index contributed by atoms with van der Waals surface area (Å²) >= 11 is 0. The number of aryl methyl sites for hydroxylation is 1. The highest BCUT2D eigenvalue weighted by Crippen LogP contribution is 2.20. The van der Waals surface area contributed by atoms with Gasteiger partial charge in [0.05, 0.1) is 6.10 Å². The minimum absolute atomic E-state index is 0.156. The number of nitrogens with one attached hydrogen (secondary N) is 2. The molecule has 1 aliphatic carbocycles. The molecule has 0 spiro atoms. The summed E-state index contributed by atoms with van der Waals surface area (Å²) in [6.07, 6.45) is 7.63. The summed E-state index contributed by atoms with van der Waals surface area (Å²) in [5.41, 5.74) is 2.00. The van der Waals surface area contributed by atoms with Crippen LogP contribution in [0.1, 0.15) is 44.1 Å². The molecule has 0 heterocycles. The van der Waals surface area contributed by atoms with Gasteiger partial charge in [0.15, 0.2) is 0 Å². The fraction of sp³-hybridized carbons (Fsp3) is 0.588. The van der Waals surface area contributed by atoms with Crippen LogP contribution in [0, 0.1) is 6.92 Å². The minimum atomic E-state index is -0.156. The van der Waals surface area contributed by atoms with Gasteiger partial charge in [-0.05, 0) is 38.3 Å². The first-order chi connectivity index (χ1) is 10.2. The fourth-order valence-corrected chi connectivity index (χ4v) is 2.57. The first-order valence-electron chi connectivity index (χ1n) is 7.97. The van der Waals surface area contributed by atoms with E-state index in [1.165, 1.54) is 37.7 Å². The van der Waals surface area contributed by atoms with Crippen LogP contribution >= 0.6 is 0 Å². The Morgan fingerprint density at radius 3 is 2.62 bits per heavy atom. The van der Waals surface area contributed by atoms with E-state index in [4.69, 9.17) is 4.74 Å². The van der Waals surface area contributed by atoms with Crippen LogP contribution in [0.3, 0.4) is 0 Å². The van der Waals surface area contributed by atoms with E-state index in [-0.39, 0.29) is 6.03 Å². The third kappa shape index (κ3) is 6.17. The van der Waals surface area contributed by atoms with Gasteiger partial charge in [-0.3, -0.25) is 0 Å². The topological polar surface area (TPSA) is 50.4 Å². The van der Waals surface area contributed by atoms with Gasteiger partial charge >= 0.3 is 6.03 Å². The second-order valence-corrected chi connectivity index (χ2v) is 5.73. The van der Waals surface area contributed by atoms with Gasteiger partial charge in [-0.1, -0.05) is 37.0 Å². The highest BCUT2D eigenvalue weighted by molar-refractivity contribution is 5.89. The molecule has 0 bridgehead atoms. The Balaban J connectivity index is 1.53. The highest BCUT2D eigenvalue weighted by Gasteiger charge is 2.12. The zero-order chi connectivity index (χ0) is 14.9. The van der Waals surface area contributed by atoms with Crippen molar-refractivity contribution in [2.75, 3.05) is 18.5 Å². The summed E-state index contributed by atoms with van der Waals surface area (Å²) in [4.78, 5) is 11.7. The standard InChI is InChI=1S/C17H26N2O2/c1-14-8-10-15(11-9-14)19-17(20)18-12-5-13-21-16-6-3-2-4-7-16/h8-11,16H,2-7,12-13H2,1H3,(H2,18,19,20). The van der Waals surface area contributed by atoms with Crippen LogP contribution in [-0.2, 0) is 4.74 Å². The average Bonchev–Trinajstić information content (AvgIpc) is 2.50. The molecular formula is C17H26N2O2. The largest absolute Gasteiger partial charge is 0.378 e. The van der Waals surface area contributed by atoms with Crippen molar-refractivity contribution in [3.05, 3.63) is 29.8 Å². The summed E-state index contributed by atoms with van der Waals surface area (Å²) in [6, 6.07) is 7.61. The maximum absolute atomic E-state index is 11.7. The molecule has 1 aromatic rings. The number of carbonyl (C=O) groups excluding carboxylic acids is 1. The molecule has 4 nitrogen and oxygen atoms in total. The average molecular weight is 290 g/mol. The Morgan fingerprint density at radius 1 is 1.19 bits per heavy atom. The number of carbonyl (C=O) groups is 1. The predicted octanol–water partition coefficient (Wildman–Crippen LogP) is 3.86. The maximum Gasteiger partial charge on any atom is 0.319 e. The molecule has 0 unspecified atom stereocenters. The van der Waals surface area contributed by atoms with E-state index in [2.05, 4.69) is 10.6 Å². The lowest BCUT2D eigenvalue weighted by Crippen LogP contribution is -2.30. The summed E-state index contributed by atoms with van der Waals surface area (Å²) in [5.74, 6) is 0. The molecule has 2 rings (SSSR count). The summed E-state index contributed by atoms with van der Waals surface area (Å²) in [7, 11) is 0. The monoisotopic (exact) mass is 290 g/mol. The Bertz CT molecular complexity index is 425. The van der Waals surface area contributed by atoms with E-state index < -0.39 is 0 Å². The van der Waals surface area contributed by atoms with Crippen molar-refractivity contribution in [2.45, 2.75) is 51.6 Å². The van der Waals surface area contributed by atoms with Gasteiger partial charge in [0.1, 0.15) is 0 Å². The van der Waals surface area contributed by atoms with Crippen LogP contribution in [-0.4, -0.2) is 25.3 Å². The number of anilines is 1. The van der Waals surface area contributed by atoms with E-state index in [9.17, 15) is 4.79 Å². The van der Waals surface area contributed by atoms with Crippen LogP contribution in [0.2, 0.25) is 0 Å². The lowest BCUT2D eigenvalue weighted by molar-refractivity contribution is 0.0276.